The van der Waals surface area contributed by atoms with Crippen LogP contribution in [0.2, 0.25) is 0 Å². The highest BCUT2D eigenvalue weighted by Crippen LogP contribution is 2.35. The van der Waals surface area contributed by atoms with Crippen molar-refractivity contribution in [3.05, 3.63) is 35.0 Å². The molecule has 3 N–H and O–H groups in total. The van der Waals surface area contributed by atoms with Crippen molar-refractivity contribution in [3.8, 4) is 0 Å². The van der Waals surface area contributed by atoms with E-state index in [1.807, 2.05) is 32.0 Å². The van der Waals surface area contributed by atoms with Gasteiger partial charge in [-0.15, -0.1) is 0 Å². The van der Waals surface area contributed by atoms with E-state index in [2.05, 4.69) is 10.3 Å². The third-order valence-electron chi connectivity index (χ3n) is 4.77. The summed E-state index contributed by atoms with van der Waals surface area (Å²) in [6.45, 7) is 4.07. The van der Waals surface area contributed by atoms with E-state index >= 15 is 0 Å². The second-order valence-electron chi connectivity index (χ2n) is 6.31. The summed E-state index contributed by atoms with van der Waals surface area (Å²) in [6, 6.07) is 5.83. The van der Waals surface area contributed by atoms with Crippen LogP contribution in [0.5, 0.6) is 0 Å². The quantitative estimate of drug-likeness (QED) is 0.812. The number of aromatic nitrogens is 1. The predicted octanol–water partition coefficient (Wildman–Crippen LogP) is 2.91. The van der Waals surface area contributed by atoms with E-state index in [4.69, 9.17) is 5.11 Å². The molecule has 1 fully saturated rings. The number of carboxylic acids is 1. The van der Waals surface area contributed by atoms with E-state index in [9.17, 15) is 9.59 Å². The van der Waals surface area contributed by atoms with Gasteiger partial charge >= 0.3 is 5.97 Å². The van der Waals surface area contributed by atoms with E-state index in [0.29, 0.717) is 5.69 Å². The number of aliphatic carboxylic acids is 1. The maximum atomic E-state index is 12.5. The fraction of sp³-hybridized carbons (Fsp3) is 0.412. The second-order valence-corrected chi connectivity index (χ2v) is 6.31. The maximum absolute atomic E-state index is 12.5. The number of hydrogen-bond acceptors (Lipinski definition) is 2. The SMILES string of the molecule is Cc1ccc2[nH]c(C(=O)NC3(CC(=O)O)CCC3)cc2c1C. The van der Waals surface area contributed by atoms with Crippen LogP contribution in [0.1, 0.15) is 47.3 Å². The number of aromatic amines is 1. The van der Waals surface area contributed by atoms with Gasteiger partial charge < -0.3 is 15.4 Å². The Labute approximate surface area is 128 Å². The van der Waals surface area contributed by atoms with Crippen LogP contribution in [0.3, 0.4) is 0 Å². The highest BCUT2D eigenvalue weighted by molar-refractivity contribution is 5.99. The van der Waals surface area contributed by atoms with Crippen molar-refractivity contribution in [2.75, 3.05) is 0 Å². The lowest BCUT2D eigenvalue weighted by atomic mass is 9.74. The molecule has 0 radical (unpaired) electrons. The summed E-state index contributed by atoms with van der Waals surface area (Å²) in [4.78, 5) is 26.6. The summed E-state index contributed by atoms with van der Waals surface area (Å²) in [6.07, 6.45) is 2.39. The van der Waals surface area contributed by atoms with E-state index in [1.165, 1.54) is 5.56 Å². The Morgan fingerprint density at radius 2 is 2.05 bits per heavy atom. The lowest BCUT2D eigenvalue weighted by molar-refractivity contribution is -0.139. The topological polar surface area (TPSA) is 82.2 Å². The molecule has 0 aliphatic heterocycles. The first-order valence-corrected chi connectivity index (χ1v) is 7.53. The van der Waals surface area contributed by atoms with Gasteiger partial charge in [0.15, 0.2) is 0 Å². The first-order chi connectivity index (χ1) is 10.4. The largest absolute Gasteiger partial charge is 0.481 e. The number of H-pyrrole nitrogens is 1. The third kappa shape index (κ3) is 2.47. The number of hydrogen-bond donors (Lipinski definition) is 3. The van der Waals surface area contributed by atoms with E-state index < -0.39 is 11.5 Å². The van der Waals surface area contributed by atoms with Gasteiger partial charge in [-0.25, -0.2) is 0 Å². The zero-order valence-corrected chi connectivity index (χ0v) is 12.8. The Morgan fingerprint density at radius 1 is 1.32 bits per heavy atom. The molecule has 1 aromatic heterocycles. The van der Waals surface area contributed by atoms with Crippen LogP contribution in [0.25, 0.3) is 10.9 Å². The number of amides is 1. The summed E-state index contributed by atoms with van der Waals surface area (Å²) in [5.74, 6) is -1.10. The Balaban J connectivity index is 1.86. The second kappa shape index (κ2) is 5.16. The lowest BCUT2D eigenvalue weighted by Crippen LogP contribution is -2.54. The van der Waals surface area contributed by atoms with Crippen LogP contribution in [-0.4, -0.2) is 27.5 Å². The van der Waals surface area contributed by atoms with E-state index in [-0.39, 0.29) is 12.3 Å². The van der Waals surface area contributed by atoms with Crippen molar-refractivity contribution in [1.29, 1.82) is 0 Å². The number of carboxylic acid groups (broad SMARTS) is 1. The van der Waals surface area contributed by atoms with Crippen LogP contribution in [0, 0.1) is 13.8 Å². The first-order valence-electron chi connectivity index (χ1n) is 7.53. The number of carbonyl (C=O) groups excluding carboxylic acids is 1. The normalized spacial score (nSPS) is 16.3. The molecular formula is C17H20N2O3. The van der Waals surface area contributed by atoms with Crippen molar-refractivity contribution in [3.63, 3.8) is 0 Å². The van der Waals surface area contributed by atoms with Crippen molar-refractivity contribution in [2.45, 2.75) is 45.1 Å². The molecule has 116 valence electrons. The molecule has 0 unspecified atom stereocenters. The zero-order valence-electron chi connectivity index (χ0n) is 12.8. The first kappa shape index (κ1) is 14.6. The van der Waals surface area contributed by atoms with E-state index in [1.54, 1.807) is 0 Å². The minimum atomic E-state index is -0.872. The molecule has 0 bridgehead atoms. The predicted molar refractivity (Wildman–Crippen MR) is 84.1 cm³/mol. The summed E-state index contributed by atoms with van der Waals surface area (Å²) in [5.41, 5.74) is 3.16. The molecule has 1 aliphatic rings. The minimum absolute atomic E-state index is 0.0168. The van der Waals surface area contributed by atoms with Crippen LogP contribution in [0.4, 0.5) is 0 Å². The summed E-state index contributed by atoms with van der Waals surface area (Å²) in [7, 11) is 0. The van der Waals surface area contributed by atoms with Crippen molar-refractivity contribution in [1.82, 2.24) is 10.3 Å². The molecule has 1 saturated carbocycles. The molecule has 0 spiro atoms. The molecule has 1 aromatic carbocycles. The molecule has 5 nitrogen and oxygen atoms in total. The van der Waals surface area contributed by atoms with Gasteiger partial charge in [0.2, 0.25) is 0 Å². The molecular weight excluding hydrogens is 280 g/mol. The number of rotatable bonds is 4. The van der Waals surface area contributed by atoms with Crippen molar-refractivity contribution < 1.29 is 14.7 Å². The molecule has 1 aliphatic carbocycles. The van der Waals surface area contributed by atoms with Crippen molar-refractivity contribution >= 4 is 22.8 Å². The average Bonchev–Trinajstić information content (AvgIpc) is 2.85. The van der Waals surface area contributed by atoms with Crippen LogP contribution < -0.4 is 5.32 Å². The number of aryl methyl sites for hydroxylation is 2. The van der Waals surface area contributed by atoms with Crippen LogP contribution in [-0.2, 0) is 4.79 Å². The van der Waals surface area contributed by atoms with E-state index in [0.717, 1.165) is 35.7 Å². The Morgan fingerprint density at radius 3 is 2.64 bits per heavy atom. The number of carbonyl (C=O) groups is 2. The van der Waals surface area contributed by atoms with Gasteiger partial charge in [0.05, 0.1) is 12.0 Å². The van der Waals surface area contributed by atoms with Gasteiger partial charge in [-0.1, -0.05) is 6.07 Å². The minimum Gasteiger partial charge on any atom is -0.481 e. The van der Waals surface area contributed by atoms with Gasteiger partial charge in [-0.05, 0) is 56.4 Å². The van der Waals surface area contributed by atoms with Gasteiger partial charge in [0.1, 0.15) is 5.69 Å². The summed E-state index contributed by atoms with van der Waals surface area (Å²) < 4.78 is 0. The number of nitrogens with one attached hydrogen (secondary N) is 2. The van der Waals surface area contributed by atoms with Gasteiger partial charge in [0.25, 0.3) is 5.91 Å². The third-order valence-corrected chi connectivity index (χ3v) is 4.77. The monoisotopic (exact) mass is 300 g/mol. The van der Waals surface area contributed by atoms with Gasteiger partial charge in [-0.2, -0.15) is 0 Å². The number of benzene rings is 1. The van der Waals surface area contributed by atoms with Crippen LogP contribution in [0.15, 0.2) is 18.2 Å². The Kier molecular flexibility index (Phi) is 3.43. The highest BCUT2D eigenvalue weighted by atomic mass is 16.4. The smallest absolute Gasteiger partial charge is 0.305 e. The lowest BCUT2D eigenvalue weighted by Gasteiger charge is -2.41. The molecule has 1 heterocycles. The molecule has 0 atom stereocenters. The fourth-order valence-electron chi connectivity index (χ4n) is 3.13. The Hall–Kier alpha value is -2.30. The molecule has 5 heteroatoms. The fourth-order valence-corrected chi connectivity index (χ4v) is 3.13. The molecule has 1 amide bonds. The maximum Gasteiger partial charge on any atom is 0.305 e. The van der Waals surface area contributed by atoms with Gasteiger partial charge in [-0.3, -0.25) is 9.59 Å². The Bertz CT molecular complexity index is 757. The van der Waals surface area contributed by atoms with Gasteiger partial charge in [0, 0.05) is 10.9 Å². The molecule has 22 heavy (non-hydrogen) atoms. The average molecular weight is 300 g/mol. The van der Waals surface area contributed by atoms with Crippen LogP contribution >= 0.6 is 0 Å². The summed E-state index contributed by atoms with van der Waals surface area (Å²) in [5, 5.41) is 13.0. The standard InChI is InChI=1S/C17H20N2O3/c1-10-4-5-13-12(11(10)2)8-14(18-13)16(22)19-17(6-3-7-17)9-15(20)21/h4-5,8,18H,3,6-7,9H2,1-2H3,(H,19,22)(H,20,21). The molecule has 0 saturated heterocycles. The molecule has 3 rings (SSSR count). The highest BCUT2D eigenvalue weighted by Gasteiger charge is 2.40. The van der Waals surface area contributed by atoms with Crippen molar-refractivity contribution in [2.24, 2.45) is 0 Å². The number of fused-ring (bicyclic) bond motifs is 1. The summed E-state index contributed by atoms with van der Waals surface area (Å²) >= 11 is 0. The zero-order chi connectivity index (χ0) is 15.9. The molecule has 2 aromatic rings.